The third kappa shape index (κ3) is 3.96. The van der Waals surface area contributed by atoms with Gasteiger partial charge in [0.25, 0.3) is 5.91 Å². The highest BCUT2D eigenvalue weighted by molar-refractivity contribution is 5.88. The van der Waals surface area contributed by atoms with E-state index in [-0.39, 0.29) is 12.5 Å². The molecule has 4 nitrogen and oxygen atoms in total. The van der Waals surface area contributed by atoms with Gasteiger partial charge < -0.3 is 14.8 Å². The molecule has 2 aromatic carbocycles. The molecule has 0 aliphatic heterocycles. The molecule has 0 unspecified atom stereocenters. The number of methoxy groups -OCH3 is 1. The number of benzene rings is 2. The summed E-state index contributed by atoms with van der Waals surface area (Å²) in [6.45, 7) is 1.27. The van der Waals surface area contributed by atoms with Crippen LogP contribution in [0, 0.1) is 0 Å². The topological polar surface area (TPSA) is 47.6 Å². The summed E-state index contributed by atoms with van der Waals surface area (Å²) in [5.41, 5.74) is 0. The predicted octanol–water partition coefficient (Wildman–Crippen LogP) is 2.37. The van der Waals surface area contributed by atoms with Gasteiger partial charge in [-0.25, -0.2) is 0 Å². The van der Waals surface area contributed by atoms with Crippen LogP contribution in [0.4, 0.5) is 0 Å². The summed E-state index contributed by atoms with van der Waals surface area (Å²) in [6.07, 6.45) is 0.802. The molecule has 0 aromatic heterocycles. The second-order valence-corrected chi connectivity index (χ2v) is 4.46. The second-order valence-electron chi connectivity index (χ2n) is 4.46. The number of carbonyl (C=O) groups is 1. The van der Waals surface area contributed by atoms with Gasteiger partial charge in [-0.2, -0.15) is 0 Å². The first kappa shape index (κ1) is 14.3. The third-order valence-corrected chi connectivity index (χ3v) is 2.96. The Balaban J connectivity index is 1.88. The van der Waals surface area contributed by atoms with Gasteiger partial charge in [0.1, 0.15) is 5.75 Å². The van der Waals surface area contributed by atoms with Crippen LogP contribution in [0.25, 0.3) is 10.8 Å². The summed E-state index contributed by atoms with van der Waals surface area (Å²) in [6, 6.07) is 13.8. The molecule has 0 saturated carbocycles. The Hall–Kier alpha value is -2.07. The van der Waals surface area contributed by atoms with E-state index in [1.165, 1.54) is 0 Å². The largest absolute Gasteiger partial charge is 0.483 e. The maximum Gasteiger partial charge on any atom is 0.257 e. The molecule has 4 heteroatoms. The summed E-state index contributed by atoms with van der Waals surface area (Å²) in [5, 5.41) is 4.91. The number of hydrogen-bond donors (Lipinski definition) is 1. The van der Waals surface area contributed by atoms with Crippen molar-refractivity contribution in [2.45, 2.75) is 6.42 Å². The van der Waals surface area contributed by atoms with Crippen LogP contribution in [-0.4, -0.2) is 32.8 Å². The number of fused-ring (bicyclic) bond motifs is 1. The minimum Gasteiger partial charge on any atom is -0.483 e. The Morgan fingerprint density at radius 3 is 2.80 bits per heavy atom. The molecule has 2 aromatic rings. The highest BCUT2D eigenvalue weighted by atomic mass is 16.5. The van der Waals surface area contributed by atoms with E-state index >= 15 is 0 Å². The van der Waals surface area contributed by atoms with E-state index in [2.05, 4.69) is 5.32 Å². The Bertz CT molecular complexity index is 563. The van der Waals surface area contributed by atoms with Crippen molar-refractivity contribution in [2.24, 2.45) is 0 Å². The molecule has 0 spiro atoms. The van der Waals surface area contributed by atoms with Crippen molar-refractivity contribution in [1.82, 2.24) is 5.32 Å². The first-order valence-electron chi connectivity index (χ1n) is 6.67. The molecule has 20 heavy (non-hydrogen) atoms. The van der Waals surface area contributed by atoms with Gasteiger partial charge in [-0.05, 0) is 17.9 Å². The summed E-state index contributed by atoms with van der Waals surface area (Å²) in [7, 11) is 1.64. The number of nitrogens with one attached hydrogen (secondary N) is 1. The van der Waals surface area contributed by atoms with Crippen molar-refractivity contribution in [3.63, 3.8) is 0 Å². The van der Waals surface area contributed by atoms with E-state index in [1.807, 2.05) is 42.5 Å². The summed E-state index contributed by atoms with van der Waals surface area (Å²) >= 11 is 0. The normalized spacial score (nSPS) is 10.4. The zero-order valence-corrected chi connectivity index (χ0v) is 11.6. The predicted molar refractivity (Wildman–Crippen MR) is 78.9 cm³/mol. The standard InChI is InChI=1S/C16H19NO3/c1-19-11-5-10-17-16(18)12-20-15-9-4-7-13-6-2-3-8-14(13)15/h2-4,6-9H,5,10-12H2,1H3,(H,17,18). The van der Waals surface area contributed by atoms with Gasteiger partial charge in [0.05, 0.1) is 0 Å². The molecule has 2 rings (SSSR count). The maximum atomic E-state index is 11.6. The lowest BCUT2D eigenvalue weighted by Gasteiger charge is -2.09. The minimum absolute atomic E-state index is 0.0288. The van der Waals surface area contributed by atoms with E-state index < -0.39 is 0 Å². The second kappa shape index (κ2) is 7.50. The number of rotatable bonds is 7. The van der Waals surface area contributed by atoms with Gasteiger partial charge in [-0.3, -0.25) is 4.79 Å². The first-order chi connectivity index (χ1) is 9.81. The lowest BCUT2D eigenvalue weighted by atomic mass is 10.1. The third-order valence-electron chi connectivity index (χ3n) is 2.96. The Morgan fingerprint density at radius 1 is 1.15 bits per heavy atom. The average Bonchev–Trinajstić information content (AvgIpc) is 2.49. The molecule has 1 N–H and O–H groups in total. The summed E-state index contributed by atoms with van der Waals surface area (Å²) in [4.78, 5) is 11.6. The molecule has 0 aliphatic carbocycles. The van der Waals surface area contributed by atoms with Crippen molar-refractivity contribution in [3.8, 4) is 5.75 Å². The first-order valence-corrected chi connectivity index (χ1v) is 6.67. The van der Waals surface area contributed by atoms with E-state index in [4.69, 9.17) is 9.47 Å². The van der Waals surface area contributed by atoms with Crippen molar-refractivity contribution in [1.29, 1.82) is 0 Å². The monoisotopic (exact) mass is 273 g/mol. The van der Waals surface area contributed by atoms with Gasteiger partial charge in [0.15, 0.2) is 6.61 Å². The lowest BCUT2D eigenvalue weighted by Crippen LogP contribution is -2.30. The SMILES string of the molecule is COCCCNC(=O)COc1cccc2ccccc12. The fourth-order valence-electron chi connectivity index (χ4n) is 1.96. The average molecular weight is 273 g/mol. The summed E-state index contributed by atoms with van der Waals surface area (Å²) < 4.78 is 10.5. The number of ether oxygens (including phenoxy) is 2. The van der Waals surface area contributed by atoms with Crippen LogP contribution in [0.15, 0.2) is 42.5 Å². The Morgan fingerprint density at radius 2 is 1.95 bits per heavy atom. The highest BCUT2D eigenvalue weighted by Gasteiger charge is 2.05. The summed E-state index contributed by atoms with van der Waals surface area (Å²) in [5.74, 6) is 0.615. The number of amides is 1. The van der Waals surface area contributed by atoms with Gasteiger partial charge in [-0.15, -0.1) is 0 Å². The minimum atomic E-state index is -0.117. The molecule has 0 saturated heterocycles. The van der Waals surface area contributed by atoms with Crippen LogP contribution in [0.5, 0.6) is 5.75 Å². The molecular weight excluding hydrogens is 254 g/mol. The smallest absolute Gasteiger partial charge is 0.257 e. The van der Waals surface area contributed by atoms with Crippen LogP contribution >= 0.6 is 0 Å². The van der Waals surface area contributed by atoms with Gasteiger partial charge in [0.2, 0.25) is 0 Å². The van der Waals surface area contributed by atoms with Crippen molar-refractivity contribution in [2.75, 3.05) is 26.9 Å². The van der Waals surface area contributed by atoms with Crippen LogP contribution in [0.3, 0.4) is 0 Å². The fraction of sp³-hybridized carbons (Fsp3) is 0.312. The van der Waals surface area contributed by atoms with Crippen LogP contribution in [0.1, 0.15) is 6.42 Å². The van der Waals surface area contributed by atoms with Gasteiger partial charge in [-0.1, -0.05) is 36.4 Å². The molecule has 0 atom stereocenters. The van der Waals surface area contributed by atoms with E-state index in [1.54, 1.807) is 7.11 Å². The molecular formula is C16H19NO3. The Kier molecular flexibility index (Phi) is 5.38. The molecule has 106 valence electrons. The number of hydrogen-bond acceptors (Lipinski definition) is 3. The van der Waals surface area contributed by atoms with Crippen molar-refractivity contribution < 1.29 is 14.3 Å². The number of carbonyl (C=O) groups excluding carboxylic acids is 1. The molecule has 0 aliphatic rings. The van der Waals surface area contributed by atoms with Crippen LogP contribution in [-0.2, 0) is 9.53 Å². The van der Waals surface area contributed by atoms with E-state index in [0.717, 1.165) is 22.9 Å². The molecule has 1 amide bonds. The van der Waals surface area contributed by atoms with Crippen LogP contribution in [0.2, 0.25) is 0 Å². The van der Waals surface area contributed by atoms with E-state index in [0.29, 0.717) is 13.2 Å². The van der Waals surface area contributed by atoms with Crippen molar-refractivity contribution in [3.05, 3.63) is 42.5 Å². The molecule has 0 bridgehead atoms. The van der Waals surface area contributed by atoms with Gasteiger partial charge >= 0.3 is 0 Å². The zero-order valence-electron chi connectivity index (χ0n) is 11.6. The van der Waals surface area contributed by atoms with Crippen LogP contribution < -0.4 is 10.1 Å². The molecule has 0 heterocycles. The molecule has 0 radical (unpaired) electrons. The Labute approximate surface area is 118 Å². The van der Waals surface area contributed by atoms with Gasteiger partial charge in [0, 0.05) is 25.6 Å². The van der Waals surface area contributed by atoms with E-state index in [9.17, 15) is 4.79 Å². The fourth-order valence-corrected chi connectivity index (χ4v) is 1.96. The lowest BCUT2D eigenvalue weighted by molar-refractivity contribution is -0.123. The maximum absolute atomic E-state index is 11.6. The highest BCUT2D eigenvalue weighted by Crippen LogP contribution is 2.24. The molecule has 0 fully saturated rings. The van der Waals surface area contributed by atoms with Crippen molar-refractivity contribution >= 4 is 16.7 Å². The quantitative estimate of drug-likeness (QED) is 0.788. The zero-order chi connectivity index (χ0) is 14.2.